The van der Waals surface area contributed by atoms with E-state index in [1.165, 1.54) is 18.2 Å². The summed E-state index contributed by atoms with van der Waals surface area (Å²) in [6.07, 6.45) is -1.35. The molecule has 0 amide bonds. The summed E-state index contributed by atoms with van der Waals surface area (Å²) in [7, 11) is 0. The number of ether oxygens (including phenoxy) is 1. The number of hydrogen-bond acceptors (Lipinski definition) is 2. The Labute approximate surface area is 123 Å². The molecular formula is C16H9F3N2O. The lowest BCUT2D eigenvalue weighted by Crippen LogP contribution is -2.17. The molecule has 0 unspecified atom stereocenters. The number of nitrogens with one attached hydrogen (secondary N) is 1. The van der Waals surface area contributed by atoms with Gasteiger partial charge in [0.25, 0.3) is 0 Å². The molecule has 3 rings (SSSR count). The van der Waals surface area contributed by atoms with Crippen molar-refractivity contribution in [2.45, 2.75) is 6.36 Å². The van der Waals surface area contributed by atoms with Crippen molar-refractivity contribution in [3.05, 3.63) is 59.9 Å². The largest absolute Gasteiger partial charge is 0.573 e. The van der Waals surface area contributed by atoms with Gasteiger partial charge >= 0.3 is 6.36 Å². The second-order valence-corrected chi connectivity index (χ2v) is 4.42. The van der Waals surface area contributed by atoms with Gasteiger partial charge < -0.3 is 9.72 Å². The van der Waals surface area contributed by atoms with E-state index >= 15 is 0 Å². The lowest BCUT2D eigenvalue weighted by atomic mass is 10.1. The highest BCUT2D eigenvalue weighted by Crippen LogP contribution is 2.23. The minimum Gasteiger partial charge on any atom is -0.406 e. The van der Waals surface area contributed by atoms with Gasteiger partial charge in [-0.3, -0.25) is 0 Å². The van der Waals surface area contributed by atoms with Gasteiger partial charge in [-0.1, -0.05) is 17.9 Å². The number of pyridine rings is 1. The maximum Gasteiger partial charge on any atom is 0.573 e. The number of fused-ring (bicyclic) bond motifs is 1. The Balaban J connectivity index is 1.91. The van der Waals surface area contributed by atoms with E-state index in [2.05, 4.69) is 26.5 Å². The number of aromatic nitrogens is 2. The first-order valence-corrected chi connectivity index (χ1v) is 6.31. The van der Waals surface area contributed by atoms with E-state index in [1.807, 2.05) is 6.07 Å². The molecule has 1 aromatic carbocycles. The van der Waals surface area contributed by atoms with E-state index in [9.17, 15) is 13.2 Å². The van der Waals surface area contributed by atoms with Gasteiger partial charge in [0.05, 0.1) is 0 Å². The van der Waals surface area contributed by atoms with E-state index in [4.69, 9.17) is 0 Å². The standard InChI is InChI=1S/C16H9F3N2O/c17-16(18,19)22-13-3-1-2-11(10-13)4-5-12-6-8-20-15-14(12)7-9-21-15/h1-3,6-10H,(H,20,21). The average molecular weight is 302 g/mol. The third kappa shape index (κ3) is 3.20. The summed E-state index contributed by atoms with van der Waals surface area (Å²) >= 11 is 0. The highest BCUT2D eigenvalue weighted by atomic mass is 19.4. The van der Waals surface area contributed by atoms with Crippen molar-refractivity contribution in [2.75, 3.05) is 0 Å². The van der Waals surface area contributed by atoms with Crippen molar-refractivity contribution in [3.8, 4) is 17.6 Å². The third-order valence-corrected chi connectivity index (χ3v) is 2.87. The molecule has 0 bridgehead atoms. The predicted molar refractivity (Wildman–Crippen MR) is 75.2 cm³/mol. The van der Waals surface area contributed by atoms with Crippen LogP contribution in [0.15, 0.2) is 48.8 Å². The third-order valence-electron chi connectivity index (χ3n) is 2.87. The lowest BCUT2D eigenvalue weighted by molar-refractivity contribution is -0.274. The maximum atomic E-state index is 12.2. The Morgan fingerprint density at radius 1 is 1.09 bits per heavy atom. The molecule has 0 aliphatic heterocycles. The molecule has 0 saturated heterocycles. The highest BCUT2D eigenvalue weighted by Gasteiger charge is 2.31. The van der Waals surface area contributed by atoms with Gasteiger partial charge in [0.2, 0.25) is 0 Å². The quantitative estimate of drug-likeness (QED) is 0.693. The van der Waals surface area contributed by atoms with Gasteiger partial charge in [0, 0.05) is 28.9 Å². The molecule has 0 aliphatic rings. The number of hydrogen-bond donors (Lipinski definition) is 1. The Morgan fingerprint density at radius 3 is 2.77 bits per heavy atom. The molecule has 110 valence electrons. The van der Waals surface area contributed by atoms with Gasteiger partial charge in [-0.05, 0) is 30.3 Å². The molecule has 3 nitrogen and oxygen atoms in total. The molecule has 6 heteroatoms. The lowest BCUT2D eigenvalue weighted by Gasteiger charge is -2.08. The van der Waals surface area contributed by atoms with Crippen molar-refractivity contribution in [3.63, 3.8) is 0 Å². The summed E-state index contributed by atoms with van der Waals surface area (Å²) in [6.45, 7) is 0. The van der Waals surface area contributed by atoms with Crippen LogP contribution in [0.5, 0.6) is 5.75 Å². The van der Waals surface area contributed by atoms with Crippen LogP contribution in [0.1, 0.15) is 11.1 Å². The summed E-state index contributed by atoms with van der Waals surface area (Å²) in [5.74, 6) is 5.47. The average Bonchev–Trinajstić information content (AvgIpc) is 2.92. The number of alkyl halides is 3. The van der Waals surface area contributed by atoms with E-state index in [0.717, 1.165) is 10.9 Å². The van der Waals surface area contributed by atoms with Crippen LogP contribution in [0.3, 0.4) is 0 Å². The number of rotatable bonds is 1. The molecular weight excluding hydrogens is 293 g/mol. The second-order valence-electron chi connectivity index (χ2n) is 4.42. The molecule has 0 spiro atoms. The van der Waals surface area contributed by atoms with Crippen molar-refractivity contribution in [1.82, 2.24) is 9.97 Å². The summed E-state index contributed by atoms with van der Waals surface area (Å²) in [6, 6.07) is 9.15. The SMILES string of the molecule is FC(F)(F)Oc1cccc(C#Cc2ccnc3[nH]ccc23)c1. The smallest absolute Gasteiger partial charge is 0.406 e. The summed E-state index contributed by atoms with van der Waals surface area (Å²) in [5, 5.41) is 0.859. The van der Waals surface area contributed by atoms with Crippen LogP contribution in [-0.4, -0.2) is 16.3 Å². The van der Waals surface area contributed by atoms with Crippen LogP contribution in [0, 0.1) is 11.8 Å². The zero-order valence-electron chi connectivity index (χ0n) is 11.1. The van der Waals surface area contributed by atoms with Crippen LogP contribution in [0.4, 0.5) is 13.2 Å². The number of nitrogens with zero attached hydrogens (tertiary/aromatic N) is 1. The number of halogens is 3. The molecule has 0 atom stereocenters. The zero-order valence-corrected chi connectivity index (χ0v) is 11.1. The molecule has 0 radical (unpaired) electrons. The Bertz CT molecular complexity index is 872. The second kappa shape index (κ2) is 5.45. The van der Waals surface area contributed by atoms with Gasteiger partial charge in [-0.2, -0.15) is 0 Å². The fraction of sp³-hybridized carbons (Fsp3) is 0.0625. The Kier molecular flexibility index (Phi) is 3.47. The van der Waals surface area contributed by atoms with Crippen molar-refractivity contribution >= 4 is 11.0 Å². The molecule has 2 aromatic heterocycles. The fourth-order valence-electron chi connectivity index (χ4n) is 1.98. The zero-order chi connectivity index (χ0) is 15.6. The number of aromatic amines is 1. The topological polar surface area (TPSA) is 37.9 Å². The molecule has 0 saturated carbocycles. The highest BCUT2D eigenvalue weighted by molar-refractivity contribution is 5.82. The maximum absolute atomic E-state index is 12.2. The first kappa shape index (κ1) is 14.0. The molecule has 22 heavy (non-hydrogen) atoms. The van der Waals surface area contributed by atoms with E-state index < -0.39 is 6.36 Å². The molecule has 0 fully saturated rings. The monoisotopic (exact) mass is 302 g/mol. The summed E-state index contributed by atoms with van der Waals surface area (Å²) in [5.41, 5.74) is 1.89. The van der Waals surface area contributed by atoms with E-state index in [1.54, 1.807) is 24.5 Å². The van der Waals surface area contributed by atoms with Crippen LogP contribution < -0.4 is 4.74 Å². The number of H-pyrrole nitrogens is 1. The first-order chi connectivity index (χ1) is 10.5. The van der Waals surface area contributed by atoms with Gasteiger partial charge in [0.1, 0.15) is 11.4 Å². The normalized spacial score (nSPS) is 11.0. The van der Waals surface area contributed by atoms with Crippen LogP contribution in [0.25, 0.3) is 11.0 Å². The van der Waals surface area contributed by atoms with Crippen molar-refractivity contribution in [1.29, 1.82) is 0 Å². The Morgan fingerprint density at radius 2 is 1.95 bits per heavy atom. The summed E-state index contributed by atoms with van der Waals surface area (Å²) in [4.78, 5) is 7.11. The first-order valence-electron chi connectivity index (χ1n) is 6.31. The molecule has 1 N–H and O–H groups in total. The van der Waals surface area contributed by atoms with E-state index in [0.29, 0.717) is 11.2 Å². The Hall–Kier alpha value is -2.94. The van der Waals surface area contributed by atoms with E-state index in [-0.39, 0.29) is 5.75 Å². The predicted octanol–water partition coefficient (Wildman–Crippen LogP) is 3.86. The molecule has 0 aliphatic carbocycles. The number of benzene rings is 1. The molecule has 2 heterocycles. The minimum atomic E-state index is -4.71. The van der Waals surface area contributed by atoms with Crippen molar-refractivity contribution < 1.29 is 17.9 Å². The van der Waals surface area contributed by atoms with Crippen LogP contribution >= 0.6 is 0 Å². The van der Waals surface area contributed by atoms with Gasteiger partial charge in [-0.25, -0.2) is 4.98 Å². The molecule has 3 aromatic rings. The van der Waals surface area contributed by atoms with Crippen LogP contribution in [0.2, 0.25) is 0 Å². The van der Waals surface area contributed by atoms with Crippen molar-refractivity contribution in [2.24, 2.45) is 0 Å². The van der Waals surface area contributed by atoms with Gasteiger partial charge in [-0.15, -0.1) is 13.2 Å². The minimum absolute atomic E-state index is 0.291. The van der Waals surface area contributed by atoms with Gasteiger partial charge in [0.15, 0.2) is 0 Å². The fourth-order valence-corrected chi connectivity index (χ4v) is 1.98. The summed E-state index contributed by atoms with van der Waals surface area (Å²) < 4.78 is 40.5. The van der Waals surface area contributed by atoms with Crippen LogP contribution in [-0.2, 0) is 0 Å².